The van der Waals surface area contributed by atoms with Gasteiger partial charge in [0.1, 0.15) is 34.3 Å². The number of fused-ring (bicyclic) bond motifs is 6. The predicted molar refractivity (Wildman–Crippen MR) is 227 cm³/mol. The van der Waals surface area contributed by atoms with Gasteiger partial charge in [0, 0.05) is 39.2 Å². The number of para-hydroxylation sites is 2. The number of pyridine rings is 1. The number of nitrogens with one attached hydrogen (secondary N) is 1. The molecule has 1 unspecified atom stereocenters. The van der Waals surface area contributed by atoms with Crippen molar-refractivity contribution in [2.24, 2.45) is 9.98 Å². The molecule has 7 aromatic carbocycles. The monoisotopic (exact) mass is 720 g/mol. The van der Waals surface area contributed by atoms with Crippen molar-refractivity contribution in [2.45, 2.75) is 6.17 Å². The maximum atomic E-state index is 6.55. The zero-order chi connectivity index (χ0) is 37.0. The van der Waals surface area contributed by atoms with E-state index in [2.05, 4.69) is 139 Å². The number of hydrogen-bond acceptors (Lipinski definition) is 6. The average molecular weight is 721 g/mol. The molecule has 6 heteroatoms. The van der Waals surface area contributed by atoms with E-state index in [9.17, 15) is 0 Å². The van der Waals surface area contributed by atoms with Gasteiger partial charge in [0.25, 0.3) is 0 Å². The van der Waals surface area contributed by atoms with Gasteiger partial charge in [-0.3, -0.25) is 4.98 Å². The molecule has 10 aromatic rings. The minimum absolute atomic E-state index is 0.396. The van der Waals surface area contributed by atoms with Gasteiger partial charge < -0.3 is 14.2 Å². The summed E-state index contributed by atoms with van der Waals surface area (Å²) in [5.74, 6) is 1.34. The lowest BCUT2D eigenvalue weighted by Gasteiger charge is -2.24. The Labute approximate surface area is 322 Å². The Morgan fingerprint density at radius 3 is 1.95 bits per heavy atom. The van der Waals surface area contributed by atoms with Crippen LogP contribution in [0.1, 0.15) is 22.9 Å². The normalized spacial score (nSPS) is 14.2. The number of aliphatic imine (C=N–C) groups is 2. The molecule has 0 radical (unpaired) electrons. The van der Waals surface area contributed by atoms with Crippen molar-refractivity contribution < 1.29 is 8.83 Å². The van der Waals surface area contributed by atoms with Crippen molar-refractivity contribution in [1.82, 2.24) is 10.3 Å². The summed E-state index contributed by atoms with van der Waals surface area (Å²) >= 11 is 0. The van der Waals surface area contributed by atoms with E-state index in [4.69, 9.17) is 23.8 Å². The van der Waals surface area contributed by atoms with Crippen molar-refractivity contribution in [3.05, 3.63) is 199 Å². The molecule has 264 valence electrons. The fourth-order valence-corrected chi connectivity index (χ4v) is 7.85. The summed E-state index contributed by atoms with van der Waals surface area (Å²) in [5.41, 5.74) is 13.2. The molecule has 0 spiro atoms. The van der Waals surface area contributed by atoms with Gasteiger partial charge in [-0.05, 0) is 52.1 Å². The molecular formula is C50H32N4O2. The first kappa shape index (κ1) is 31.9. The lowest BCUT2D eigenvalue weighted by Crippen LogP contribution is -2.33. The zero-order valence-corrected chi connectivity index (χ0v) is 30.1. The topological polar surface area (TPSA) is 75.9 Å². The highest BCUT2D eigenvalue weighted by molar-refractivity contribution is 6.21. The van der Waals surface area contributed by atoms with E-state index in [0.717, 1.165) is 88.8 Å². The van der Waals surface area contributed by atoms with E-state index in [1.54, 1.807) is 0 Å². The van der Waals surface area contributed by atoms with Crippen LogP contribution in [0.25, 0.3) is 77.4 Å². The molecule has 0 saturated carbocycles. The van der Waals surface area contributed by atoms with Crippen molar-refractivity contribution in [1.29, 1.82) is 0 Å². The summed E-state index contributed by atoms with van der Waals surface area (Å²) in [6.45, 7) is 0. The highest BCUT2D eigenvalue weighted by Crippen LogP contribution is 2.39. The molecule has 1 N–H and O–H groups in total. The Bertz CT molecular complexity index is 3160. The molecular weight excluding hydrogens is 689 g/mol. The van der Waals surface area contributed by atoms with Gasteiger partial charge in [0.15, 0.2) is 11.4 Å². The number of aromatic nitrogens is 1. The van der Waals surface area contributed by atoms with Crippen LogP contribution >= 0.6 is 0 Å². The third kappa shape index (κ3) is 5.46. The van der Waals surface area contributed by atoms with Crippen LogP contribution in [0.2, 0.25) is 0 Å². The first-order valence-electron chi connectivity index (χ1n) is 18.7. The van der Waals surface area contributed by atoms with E-state index >= 15 is 0 Å². The van der Waals surface area contributed by atoms with E-state index in [1.807, 2.05) is 48.7 Å². The summed E-state index contributed by atoms with van der Waals surface area (Å²) in [6, 6.07) is 60.3. The van der Waals surface area contributed by atoms with Crippen molar-refractivity contribution in [3.8, 4) is 33.4 Å². The second-order valence-electron chi connectivity index (χ2n) is 14.0. The van der Waals surface area contributed by atoms with Gasteiger partial charge in [-0.25, -0.2) is 9.98 Å². The van der Waals surface area contributed by atoms with Gasteiger partial charge >= 0.3 is 0 Å². The van der Waals surface area contributed by atoms with Gasteiger partial charge in [0.2, 0.25) is 0 Å². The smallest absolute Gasteiger partial charge is 0.160 e. The number of furan rings is 2. The second-order valence-corrected chi connectivity index (χ2v) is 14.0. The Kier molecular flexibility index (Phi) is 7.45. The van der Waals surface area contributed by atoms with Crippen LogP contribution in [0.5, 0.6) is 0 Å². The van der Waals surface area contributed by atoms with Crippen LogP contribution in [0.15, 0.2) is 201 Å². The number of nitrogens with zero attached hydrogens (tertiary/aromatic N) is 3. The molecule has 1 aliphatic heterocycles. The van der Waals surface area contributed by atoms with Gasteiger partial charge in [-0.15, -0.1) is 0 Å². The molecule has 4 heterocycles. The second kappa shape index (κ2) is 13.1. The van der Waals surface area contributed by atoms with Gasteiger partial charge in [0.05, 0.1) is 5.39 Å². The van der Waals surface area contributed by atoms with Gasteiger partial charge in [-0.1, -0.05) is 152 Å². The van der Waals surface area contributed by atoms with Crippen molar-refractivity contribution >= 4 is 55.7 Å². The molecule has 0 fully saturated rings. The number of rotatable bonds is 6. The van der Waals surface area contributed by atoms with Crippen molar-refractivity contribution in [3.63, 3.8) is 0 Å². The van der Waals surface area contributed by atoms with E-state index in [0.29, 0.717) is 11.4 Å². The Balaban J connectivity index is 1.04. The van der Waals surface area contributed by atoms with Crippen LogP contribution in [0.3, 0.4) is 0 Å². The Hall–Kier alpha value is -7.57. The molecule has 3 aromatic heterocycles. The van der Waals surface area contributed by atoms with Crippen LogP contribution in [0.4, 0.5) is 0 Å². The highest BCUT2D eigenvalue weighted by atomic mass is 16.3. The molecule has 0 aliphatic carbocycles. The zero-order valence-electron chi connectivity index (χ0n) is 30.1. The molecule has 6 nitrogen and oxygen atoms in total. The third-order valence-electron chi connectivity index (χ3n) is 10.6. The molecule has 1 atom stereocenters. The standard InChI is InChI=1S/C50H32N4O2/c1-3-12-31(13-4-1)33-24-26-34(27-25-33)48-52-49(36-17-9-16-35(28-36)32-14-5-2-6-15-32)54-50(53-48)41-21-11-23-43-45(41)46-44(55-43)29-37(30-51-46)38-19-10-20-40-39-18-7-8-22-42(39)56-47(38)40/h1-30,49H,(H,52,53,54). The molecule has 56 heavy (non-hydrogen) atoms. The number of hydrogen-bond donors (Lipinski definition) is 1. The lowest BCUT2D eigenvalue weighted by molar-refractivity contribution is 0.667. The van der Waals surface area contributed by atoms with Crippen LogP contribution in [-0.4, -0.2) is 16.7 Å². The summed E-state index contributed by atoms with van der Waals surface area (Å²) in [7, 11) is 0. The van der Waals surface area contributed by atoms with E-state index < -0.39 is 6.17 Å². The molecule has 11 rings (SSSR count). The quantitative estimate of drug-likeness (QED) is 0.186. The fraction of sp³-hybridized carbons (Fsp3) is 0.0200. The van der Waals surface area contributed by atoms with Crippen LogP contribution in [-0.2, 0) is 0 Å². The average Bonchev–Trinajstić information content (AvgIpc) is 3.85. The molecule has 0 amide bonds. The molecule has 0 saturated heterocycles. The maximum Gasteiger partial charge on any atom is 0.160 e. The summed E-state index contributed by atoms with van der Waals surface area (Å²) in [4.78, 5) is 15.5. The van der Waals surface area contributed by atoms with Crippen LogP contribution in [0, 0.1) is 0 Å². The summed E-state index contributed by atoms with van der Waals surface area (Å²) in [6.07, 6.45) is 1.51. The first-order valence-corrected chi connectivity index (χ1v) is 18.7. The third-order valence-corrected chi connectivity index (χ3v) is 10.6. The predicted octanol–water partition coefficient (Wildman–Crippen LogP) is 12.4. The number of benzene rings is 7. The highest BCUT2D eigenvalue weighted by Gasteiger charge is 2.25. The fourth-order valence-electron chi connectivity index (χ4n) is 7.85. The van der Waals surface area contributed by atoms with Gasteiger partial charge in [-0.2, -0.15) is 0 Å². The number of amidine groups is 2. The first-order chi connectivity index (χ1) is 27.7. The largest absolute Gasteiger partial charge is 0.455 e. The maximum absolute atomic E-state index is 6.55. The molecule has 0 bridgehead atoms. The summed E-state index contributed by atoms with van der Waals surface area (Å²) < 4.78 is 12.9. The van der Waals surface area contributed by atoms with Crippen LogP contribution < -0.4 is 5.32 Å². The minimum Gasteiger partial charge on any atom is -0.455 e. The Morgan fingerprint density at radius 1 is 0.464 bits per heavy atom. The van der Waals surface area contributed by atoms with Crippen molar-refractivity contribution in [2.75, 3.05) is 0 Å². The summed E-state index contributed by atoms with van der Waals surface area (Å²) in [5, 5.41) is 6.70. The Morgan fingerprint density at radius 2 is 1.11 bits per heavy atom. The lowest BCUT2D eigenvalue weighted by atomic mass is 10.0. The van der Waals surface area contributed by atoms with E-state index in [1.165, 1.54) is 5.56 Å². The minimum atomic E-state index is -0.396. The molecule has 1 aliphatic rings. The van der Waals surface area contributed by atoms with E-state index in [-0.39, 0.29) is 0 Å². The SMILES string of the molecule is c1ccc(-c2ccc(C3=NC(c4cccc5oc6cc(-c7cccc8c7oc7ccccc78)cnc6c45)=NC(c4cccc(-c5ccccc5)c4)N3)cc2)cc1.